The zero-order chi connectivity index (χ0) is 16.9. The second-order valence-corrected chi connectivity index (χ2v) is 4.42. The minimum atomic E-state index is -4.55. The van der Waals surface area contributed by atoms with Crippen LogP contribution in [0.4, 0.5) is 13.2 Å². The van der Waals surface area contributed by atoms with Gasteiger partial charge in [-0.2, -0.15) is 28.6 Å². The van der Waals surface area contributed by atoms with Crippen molar-refractivity contribution in [1.82, 2.24) is 15.2 Å². The zero-order valence-corrected chi connectivity index (χ0v) is 11.6. The van der Waals surface area contributed by atoms with E-state index in [1.165, 1.54) is 6.21 Å². The summed E-state index contributed by atoms with van der Waals surface area (Å²) in [5.41, 5.74) is 2.26. The SMILES string of the molecule is N#Cc1ccc(C=NNC(=O)Cn2ccc(C(F)(F)F)n2)cc1. The summed E-state index contributed by atoms with van der Waals surface area (Å²) >= 11 is 0. The number of benzene rings is 1. The Labute approximate surface area is 128 Å². The molecule has 1 aromatic carbocycles. The fourth-order valence-electron chi connectivity index (χ4n) is 1.61. The molecule has 0 fully saturated rings. The molecule has 0 aliphatic heterocycles. The quantitative estimate of drug-likeness (QED) is 0.690. The molecule has 0 aliphatic carbocycles. The van der Waals surface area contributed by atoms with Gasteiger partial charge >= 0.3 is 6.18 Å². The second kappa shape index (κ2) is 6.74. The monoisotopic (exact) mass is 321 g/mol. The Morgan fingerprint density at radius 3 is 2.61 bits per heavy atom. The number of hydrogen-bond donors (Lipinski definition) is 1. The molecule has 9 heteroatoms. The Hall–Kier alpha value is -3.15. The number of aromatic nitrogens is 2. The Morgan fingerprint density at radius 2 is 2.04 bits per heavy atom. The van der Waals surface area contributed by atoms with Crippen molar-refractivity contribution in [1.29, 1.82) is 5.26 Å². The van der Waals surface area contributed by atoms with Crippen LogP contribution in [0, 0.1) is 11.3 Å². The molecule has 118 valence electrons. The average molecular weight is 321 g/mol. The number of nitrogens with zero attached hydrogens (tertiary/aromatic N) is 4. The highest BCUT2D eigenvalue weighted by atomic mass is 19.4. The third-order valence-electron chi connectivity index (χ3n) is 2.68. The molecule has 2 rings (SSSR count). The lowest BCUT2D eigenvalue weighted by Gasteiger charge is -2.02. The molecule has 0 atom stereocenters. The van der Waals surface area contributed by atoms with Crippen LogP contribution in [0.15, 0.2) is 41.6 Å². The third kappa shape index (κ3) is 4.67. The molecule has 0 saturated heterocycles. The second-order valence-electron chi connectivity index (χ2n) is 4.42. The molecule has 0 aliphatic rings. The maximum Gasteiger partial charge on any atom is 0.435 e. The van der Waals surface area contributed by atoms with Crippen molar-refractivity contribution in [2.24, 2.45) is 5.10 Å². The fraction of sp³-hybridized carbons (Fsp3) is 0.143. The summed E-state index contributed by atoms with van der Waals surface area (Å²) in [6, 6.07) is 9.20. The molecule has 0 saturated carbocycles. The van der Waals surface area contributed by atoms with Crippen LogP contribution in [0.2, 0.25) is 0 Å². The fourth-order valence-corrected chi connectivity index (χ4v) is 1.61. The van der Waals surface area contributed by atoms with E-state index in [4.69, 9.17) is 5.26 Å². The minimum absolute atomic E-state index is 0.388. The number of nitriles is 1. The van der Waals surface area contributed by atoms with Crippen LogP contribution in [0.25, 0.3) is 0 Å². The summed E-state index contributed by atoms with van der Waals surface area (Å²) < 4.78 is 38.0. The summed E-state index contributed by atoms with van der Waals surface area (Å²) in [5.74, 6) is -0.619. The van der Waals surface area contributed by atoms with Gasteiger partial charge < -0.3 is 0 Å². The lowest BCUT2D eigenvalue weighted by molar-refractivity contribution is -0.141. The van der Waals surface area contributed by atoms with Crippen molar-refractivity contribution in [2.75, 3.05) is 0 Å². The van der Waals surface area contributed by atoms with Gasteiger partial charge in [-0.25, -0.2) is 5.43 Å². The molecule has 1 aromatic heterocycles. The van der Waals surface area contributed by atoms with Crippen LogP contribution >= 0.6 is 0 Å². The van der Waals surface area contributed by atoms with E-state index in [2.05, 4.69) is 15.6 Å². The van der Waals surface area contributed by atoms with Crippen LogP contribution in [-0.2, 0) is 17.5 Å². The van der Waals surface area contributed by atoms with E-state index < -0.39 is 17.8 Å². The first-order valence-corrected chi connectivity index (χ1v) is 6.31. The number of carbonyl (C=O) groups is 1. The number of halogens is 3. The summed E-state index contributed by atoms with van der Waals surface area (Å²) in [7, 11) is 0. The Kier molecular flexibility index (Phi) is 4.75. The average Bonchev–Trinajstić information content (AvgIpc) is 2.96. The van der Waals surface area contributed by atoms with E-state index in [9.17, 15) is 18.0 Å². The van der Waals surface area contributed by atoms with E-state index in [1.807, 2.05) is 6.07 Å². The summed E-state index contributed by atoms with van der Waals surface area (Å²) in [6.07, 6.45) is -2.13. The van der Waals surface area contributed by atoms with Gasteiger partial charge in [-0.05, 0) is 23.8 Å². The van der Waals surface area contributed by atoms with Crippen LogP contribution in [-0.4, -0.2) is 21.9 Å². The first-order valence-electron chi connectivity index (χ1n) is 6.31. The molecule has 0 unspecified atom stereocenters. The third-order valence-corrected chi connectivity index (χ3v) is 2.68. The predicted octanol–water partition coefficient (Wildman–Crippen LogP) is 1.92. The molecule has 1 amide bonds. The van der Waals surface area contributed by atoms with Crippen molar-refractivity contribution in [3.8, 4) is 6.07 Å². The summed E-state index contributed by atoms with van der Waals surface area (Å²) in [5, 5.41) is 15.6. The molecule has 1 N–H and O–H groups in total. The van der Waals surface area contributed by atoms with Gasteiger partial charge in [0.25, 0.3) is 5.91 Å². The van der Waals surface area contributed by atoms with E-state index in [1.54, 1.807) is 24.3 Å². The maximum atomic E-state index is 12.4. The van der Waals surface area contributed by atoms with Crippen molar-refractivity contribution in [3.05, 3.63) is 53.3 Å². The number of amides is 1. The number of rotatable bonds is 4. The van der Waals surface area contributed by atoms with Gasteiger partial charge in [-0.15, -0.1) is 0 Å². The van der Waals surface area contributed by atoms with E-state index >= 15 is 0 Å². The number of carbonyl (C=O) groups excluding carboxylic acids is 1. The smallest absolute Gasteiger partial charge is 0.271 e. The number of alkyl halides is 3. The lowest BCUT2D eigenvalue weighted by atomic mass is 10.2. The molecular weight excluding hydrogens is 311 g/mol. The van der Waals surface area contributed by atoms with Crippen molar-refractivity contribution < 1.29 is 18.0 Å². The van der Waals surface area contributed by atoms with Gasteiger partial charge in [-0.3, -0.25) is 9.48 Å². The normalized spacial score (nSPS) is 11.4. The number of hydrogen-bond acceptors (Lipinski definition) is 4. The van der Waals surface area contributed by atoms with Gasteiger partial charge in [0.2, 0.25) is 0 Å². The molecule has 0 spiro atoms. The number of nitrogens with one attached hydrogen (secondary N) is 1. The van der Waals surface area contributed by atoms with Crippen LogP contribution < -0.4 is 5.43 Å². The van der Waals surface area contributed by atoms with Gasteiger partial charge in [0.15, 0.2) is 5.69 Å². The summed E-state index contributed by atoms with van der Waals surface area (Å²) in [6.45, 7) is -0.388. The zero-order valence-electron chi connectivity index (χ0n) is 11.6. The first kappa shape index (κ1) is 16.2. The van der Waals surface area contributed by atoms with Gasteiger partial charge in [0, 0.05) is 6.20 Å². The highest BCUT2D eigenvalue weighted by Crippen LogP contribution is 2.27. The van der Waals surface area contributed by atoms with Crippen LogP contribution in [0.3, 0.4) is 0 Å². The molecule has 6 nitrogen and oxygen atoms in total. The topological polar surface area (TPSA) is 83.1 Å². The van der Waals surface area contributed by atoms with Crippen LogP contribution in [0.5, 0.6) is 0 Å². The highest BCUT2D eigenvalue weighted by Gasteiger charge is 2.33. The summed E-state index contributed by atoms with van der Waals surface area (Å²) in [4.78, 5) is 11.6. The Morgan fingerprint density at radius 1 is 1.35 bits per heavy atom. The highest BCUT2D eigenvalue weighted by molar-refractivity contribution is 5.82. The standard InChI is InChI=1S/C14H10F3N5O/c15-14(16,17)12-5-6-22(21-12)9-13(23)20-19-8-11-3-1-10(7-18)2-4-11/h1-6,8H,9H2,(H,20,23). The minimum Gasteiger partial charge on any atom is -0.271 e. The molecule has 1 heterocycles. The van der Waals surface area contributed by atoms with Crippen molar-refractivity contribution in [2.45, 2.75) is 12.7 Å². The first-order chi connectivity index (χ1) is 10.9. The van der Waals surface area contributed by atoms with Crippen molar-refractivity contribution >= 4 is 12.1 Å². The maximum absolute atomic E-state index is 12.4. The van der Waals surface area contributed by atoms with E-state index in [-0.39, 0.29) is 6.54 Å². The Balaban J connectivity index is 1.88. The van der Waals surface area contributed by atoms with Crippen molar-refractivity contribution in [3.63, 3.8) is 0 Å². The van der Waals surface area contributed by atoms with Crippen LogP contribution in [0.1, 0.15) is 16.8 Å². The molecule has 0 bridgehead atoms. The number of hydrazone groups is 1. The lowest BCUT2D eigenvalue weighted by Crippen LogP contribution is -2.23. The van der Waals surface area contributed by atoms with E-state index in [0.717, 1.165) is 16.9 Å². The Bertz CT molecular complexity index is 756. The van der Waals surface area contributed by atoms with E-state index in [0.29, 0.717) is 11.1 Å². The van der Waals surface area contributed by atoms with Gasteiger partial charge in [0.05, 0.1) is 17.8 Å². The molecular formula is C14H10F3N5O. The predicted molar refractivity (Wildman–Crippen MR) is 74.1 cm³/mol. The molecule has 2 aromatic rings. The molecule has 23 heavy (non-hydrogen) atoms. The molecule has 0 radical (unpaired) electrons. The van der Waals surface area contributed by atoms with Gasteiger partial charge in [-0.1, -0.05) is 12.1 Å². The van der Waals surface area contributed by atoms with Gasteiger partial charge in [0.1, 0.15) is 6.54 Å². The largest absolute Gasteiger partial charge is 0.435 e.